The molecule has 0 radical (unpaired) electrons. The van der Waals surface area contributed by atoms with Crippen molar-refractivity contribution in [2.75, 3.05) is 19.8 Å². The molecule has 1 atom stereocenters. The van der Waals surface area contributed by atoms with E-state index in [1.807, 2.05) is 18.5 Å². The quantitative estimate of drug-likeness (QED) is 0.840. The van der Waals surface area contributed by atoms with Crippen molar-refractivity contribution in [2.45, 2.75) is 65.1 Å². The summed E-state index contributed by atoms with van der Waals surface area (Å²) < 4.78 is 7.35. The molecule has 0 bridgehead atoms. The number of carbonyl (C=O) groups excluding carboxylic acids is 1. The number of hydrogen-bond acceptors (Lipinski definition) is 5. The molecule has 2 aliphatic rings. The maximum atomic E-state index is 12.5. The summed E-state index contributed by atoms with van der Waals surface area (Å²) in [6.07, 6.45) is 4.10. The van der Waals surface area contributed by atoms with Crippen molar-refractivity contribution in [3.63, 3.8) is 0 Å². The fraction of sp³-hybridized carbons (Fsp3) is 0.591. The van der Waals surface area contributed by atoms with Gasteiger partial charge in [-0.1, -0.05) is 24.3 Å². The number of carbonyl (C=O) groups is 1. The van der Waals surface area contributed by atoms with E-state index in [4.69, 9.17) is 4.74 Å². The minimum absolute atomic E-state index is 0.118. The molecular weight excluding hydrogens is 366 g/mol. The highest BCUT2D eigenvalue weighted by molar-refractivity contribution is 5.93. The van der Waals surface area contributed by atoms with Gasteiger partial charge in [0, 0.05) is 38.4 Å². The summed E-state index contributed by atoms with van der Waals surface area (Å²) in [6.45, 7) is 9.71. The van der Waals surface area contributed by atoms with Crippen molar-refractivity contribution >= 4 is 5.91 Å². The van der Waals surface area contributed by atoms with E-state index in [1.54, 1.807) is 0 Å². The van der Waals surface area contributed by atoms with Gasteiger partial charge >= 0.3 is 0 Å². The molecule has 0 unspecified atom stereocenters. The van der Waals surface area contributed by atoms with Crippen molar-refractivity contribution in [2.24, 2.45) is 0 Å². The van der Waals surface area contributed by atoms with E-state index in [2.05, 4.69) is 45.7 Å². The van der Waals surface area contributed by atoms with Gasteiger partial charge in [0.1, 0.15) is 0 Å². The summed E-state index contributed by atoms with van der Waals surface area (Å²) in [4.78, 5) is 15.1. The Morgan fingerprint density at radius 2 is 2.14 bits per heavy atom. The Labute approximate surface area is 172 Å². The molecule has 2 aromatic rings. The molecule has 156 valence electrons. The average molecular weight is 398 g/mol. The fourth-order valence-electron chi connectivity index (χ4n) is 4.33. The number of ether oxygens (including phenoxy) is 1. The molecule has 1 saturated heterocycles. The van der Waals surface area contributed by atoms with Crippen LogP contribution in [-0.4, -0.2) is 57.6 Å². The van der Waals surface area contributed by atoms with Gasteiger partial charge in [-0.15, -0.1) is 5.10 Å². The van der Waals surface area contributed by atoms with Crippen LogP contribution in [0.1, 0.15) is 60.4 Å². The van der Waals surface area contributed by atoms with Crippen LogP contribution in [0.4, 0.5) is 0 Å². The molecule has 1 aromatic carbocycles. The number of nitrogens with one attached hydrogen (secondary N) is 1. The average Bonchev–Trinajstić information content (AvgIpc) is 3.14. The number of hydrogen-bond donors (Lipinski definition) is 1. The number of nitrogens with zero attached hydrogens (tertiary/aromatic N) is 4. The Bertz CT molecular complexity index is 872. The zero-order chi connectivity index (χ0) is 20.4. The minimum Gasteiger partial charge on any atom is -0.381 e. The van der Waals surface area contributed by atoms with E-state index in [-0.39, 0.29) is 11.9 Å². The second kappa shape index (κ2) is 8.63. The maximum Gasteiger partial charge on any atom is 0.273 e. The Balaban J connectivity index is 1.57. The summed E-state index contributed by atoms with van der Waals surface area (Å²) in [5.41, 5.74) is 4.90. The van der Waals surface area contributed by atoms with Crippen LogP contribution in [0.2, 0.25) is 0 Å². The van der Waals surface area contributed by atoms with E-state index < -0.39 is 0 Å². The summed E-state index contributed by atoms with van der Waals surface area (Å²) in [6, 6.07) is 7.12. The summed E-state index contributed by atoms with van der Waals surface area (Å²) in [5, 5.41) is 11.5. The Morgan fingerprint density at radius 1 is 1.34 bits per heavy atom. The predicted octanol–water partition coefficient (Wildman–Crippen LogP) is 2.64. The van der Waals surface area contributed by atoms with Crippen LogP contribution in [0.3, 0.4) is 0 Å². The van der Waals surface area contributed by atoms with Gasteiger partial charge in [-0.05, 0) is 56.7 Å². The van der Waals surface area contributed by atoms with E-state index in [9.17, 15) is 4.79 Å². The summed E-state index contributed by atoms with van der Waals surface area (Å²) in [7, 11) is 0. The molecular formula is C22H31N5O2. The smallest absolute Gasteiger partial charge is 0.273 e. The molecule has 0 saturated carbocycles. The van der Waals surface area contributed by atoms with Crippen LogP contribution in [0, 0.1) is 6.92 Å². The van der Waals surface area contributed by atoms with Gasteiger partial charge in [-0.2, -0.15) is 0 Å². The molecule has 7 nitrogen and oxygen atoms in total. The van der Waals surface area contributed by atoms with Crippen LogP contribution in [0.15, 0.2) is 18.2 Å². The first-order valence-electron chi connectivity index (χ1n) is 10.7. The van der Waals surface area contributed by atoms with E-state index in [0.717, 1.165) is 63.4 Å². The lowest BCUT2D eigenvalue weighted by molar-refractivity contribution is 0.0290. The first-order chi connectivity index (χ1) is 14.1. The SMILES string of the molecule is CC[C@H](C)NC(=O)c1nnn(-c2cccc3c2CCN(C2CCOCC2)C3)c1C. The monoisotopic (exact) mass is 397 g/mol. The third-order valence-electron chi connectivity index (χ3n) is 6.31. The van der Waals surface area contributed by atoms with Crippen LogP contribution < -0.4 is 5.32 Å². The molecule has 2 aliphatic heterocycles. The van der Waals surface area contributed by atoms with Crippen molar-refractivity contribution in [3.8, 4) is 5.69 Å². The van der Waals surface area contributed by atoms with E-state index in [1.165, 1.54) is 11.1 Å². The molecule has 1 amide bonds. The maximum absolute atomic E-state index is 12.5. The highest BCUT2D eigenvalue weighted by atomic mass is 16.5. The third kappa shape index (κ3) is 4.07. The lowest BCUT2D eigenvalue weighted by Crippen LogP contribution is -2.42. The van der Waals surface area contributed by atoms with Gasteiger partial charge in [-0.25, -0.2) is 4.68 Å². The van der Waals surface area contributed by atoms with Gasteiger partial charge in [-0.3, -0.25) is 9.69 Å². The molecule has 7 heteroatoms. The summed E-state index contributed by atoms with van der Waals surface area (Å²) in [5.74, 6) is -0.154. The number of benzene rings is 1. The van der Waals surface area contributed by atoms with Gasteiger partial charge in [0.2, 0.25) is 0 Å². The first kappa shape index (κ1) is 20.0. The van der Waals surface area contributed by atoms with Crippen molar-refractivity contribution < 1.29 is 9.53 Å². The molecule has 1 N–H and O–H groups in total. The lowest BCUT2D eigenvalue weighted by Gasteiger charge is -2.38. The topological polar surface area (TPSA) is 72.3 Å². The Hall–Kier alpha value is -2.25. The zero-order valence-electron chi connectivity index (χ0n) is 17.6. The molecule has 0 spiro atoms. The predicted molar refractivity (Wildman–Crippen MR) is 111 cm³/mol. The van der Waals surface area contributed by atoms with E-state index in [0.29, 0.717) is 11.7 Å². The summed E-state index contributed by atoms with van der Waals surface area (Å²) >= 11 is 0. The van der Waals surface area contributed by atoms with Gasteiger partial charge in [0.25, 0.3) is 5.91 Å². The van der Waals surface area contributed by atoms with Gasteiger partial charge < -0.3 is 10.1 Å². The van der Waals surface area contributed by atoms with Crippen LogP contribution in [0.5, 0.6) is 0 Å². The second-order valence-electron chi connectivity index (χ2n) is 8.20. The molecule has 4 rings (SSSR count). The normalized spacial score (nSPS) is 19.0. The highest BCUT2D eigenvalue weighted by Gasteiger charge is 2.27. The molecule has 1 aromatic heterocycles. The third-order valence-corrected chi connectivity index (χ3v) is 6.31. The van der Waals surface area contributed by atoms with E-state index >= 15 is 0 Å². The largest absolute Gasteiger partial charge is 0.381 e. The number of rotatable bonds is 5. The van der Waals surface area contributed by atoms with Crippen LogP contribution in [0.25, 0.3) is 5.69 Å². The Morgan fingerprint density at radius 3 is 2.90 bits per heavy atom. The van der Waals surface area contributed by atoms with Crippen molar-refractivity contribution in [1.29, 1.82) is 0 Å². The van der Waals surface area contributed by atoms with Crippen LogP contribution >= 0.6 is 0 Å². The lowest BCUT2D eigenvalue weighted by atomic mass is 9.95. The van der Waals surface area contributed by atoms with Crippen molar-refractivity contribution in [3.05, 3.63) is 40.7 Å². The second-order valence-corrected chi connectivity index (χ2v) is 8.20. The zero-order valence-corrected chi connectivity index (χ0v) is 17.6. The Kier molecular flexibility index (Phi) is 5.96. The first-order valence-corrected chi connectivity index (χ1v) is 10.7. The van der Waals surface area contributed by atoms with Crippen LogP contribution in [-0.2, 0) is 17.7 Å². The van der Waals surface area contributed by atoms with Gasteiger partial charge in [0.05, 0.1) is 11.4 Å². The number of fused-ring (bicyclic) bond motifs is 1. The number of amides is 1. The number of aromatic nitrogens is 3. The molecule has 1 fully saturated rings. The molecule has 0 aliphatic carbocycles. The fourth-order valence-corrected chi connectivity index (χ4v) is 4.33. The highest BCUT2D eigenvalue weighted by Crippen LogP contribution is 2.29. The van der Waals surface area contributed by atoms with Crippen molar-refractivity contribution in [1.82, 2.24) is 25.2 Å². The van der Waals surface area contributed by atoms with Gasteiger partial charge in [0.15, 0.2) is 5.69 Å². The molecule has 29 heavy (non-hydrogen) atoms. The molecule has 3 heterocycles. The minimum atomic E-state index is -0.154. The standard InChI is InChI=1S/C22H31N5O2/c1-4-15(2)23-22(28)21-16(3)27(25-24-21)20-7-5-6-17-14-26(11-8-19(17)20)18-9-12-29-13-10-18/h5-7,15,18H,4,8-14H2,1-3H3,(H,23,28)/t15-/m0/s1.